The van der Waals surface area contributed by atoms with Gasteiger partial charge >= 0.3 is 0 Å². The van der Waals surface area contributed by atoms with Gasteiger partial charge in [0.15, 0.2) is 0 Å². The van der Waals surface area contributed by atoms with Crippen molar-refractivity contribution in [2.45, 2.75) is 32.7 Å². The summed E-state index contributed by atoms with van der Waals surface area (Å²) in [6, 6.07) is 0.635. The fraction of sp³-hybridized carbons (Fsp3) is 1.00. The monoisotopic (exact) mass is 157 g/mol. The van der Waals surface area contributed by atoms with Crippen molar-refractivity contribution in [1.29, 1.82) is 0 Å². The zero-order valence-electron chi connectivity index (χ0n) is 7.68. The average molecular weight is 157 g/mol. The van der Waals surface area contributed by atoms with Crippen molar-refractivity contribution in [2.75, 3.05) is 26.3 Å². The normalized spacial score (nSPS) is 27.3. The SMILES string of the molecule is CCCCN1CCOCC1C. The van der Waals surface area contributed by atoms with Gasteiger partial charge in [-0.1, -0.05) is 13.3 Å². The topological polar surface area (TPSA) is 12.5 Å². The van der Waals surface area contributed by atoms with Gasteiger partial charge in [0.05, 0.1) is 13.2 Å². The van der Waals surface area contributed by atoms with E-state index in [0.717, 1.165) is 19.8 Å². The van der Waals surface area contributed by atoms with Gasteiger partial charge in [-0.3, -0.25) is 4.90 Å². The van der Waals surface area contributed by atoms with E-state index in [9.17, 15) is 0 Å². The minimum atomic E-state index is 0.635. The van der Waals surface area contributed by atoms with Gasteiger partial charge in [-0.2, -0.15) is 0 Å². The lowest BCUT2D eigenvalue weighted by Gasteiger charge is -2.33. The second kappa shape index (κ2) is 4.73. The Morgan fingerprint density at radius 1 is 1.55 bits per heavy atom. The number of nitrogens with zero attached hydrogens (tertiary/aromatic N) is 1. The van der Waals surface area contributed by atoms with Crippen LogP contribution in [0.25, 0.3) is 0 Å². The van der Waals surface area contributed by atoms with Gasteiger partial charge in [0, 0.05) is 12.6 Å². The smallest absolute Gasteiger partial charge is 0.0619 e. The number of hydrogen-bond donors (Lipinski definition) is 0. The maximum atomic E-state index is 5.35. The van der Waals surface area contributed by atoms with E-state index in [-0.39, 0.29) is 0 Å². The van der Waals surface area contributed by atoms with E-state index in [0.29, 0.717) is 6.04 Å². The van der Waals surface area contributed by atoms with Crippen molar-refractivity contribution >= 4 is 0 Å². The second-order valence-electron chi connectivity index (χ2n) is 3.31. The molecule has 0 N–H and O–H groups in total. The van der Waals surface area contributed by atoms with Gasteiger partial charge in [0.1, 0.15) is 0 Å². The van der Waals surface area contributed by atoms with Crippen LogP contribution in [0.3, 0.4) is 0 Å². The predicted octanol–water partition coefficient (Wildman–Crippen LogP) is 1.51. The van der Waals surface area contributed by atoms with E-state index in [1.165, 1.54) is 19.4 Å². The summed E-state index contributed by atoms with van der Waals surface area (Å²) in [5.41, 5.74) is 0. The number of rotatable bonds is 3. The maximum absolute atomic E-state index is 5.35. The lowest BCUT2D eigenvalue weighted by Crippen LogP contribution is -2.43. The van der Waals surface area contributed by atoms with Crippen LogP contribution in [0.4, 0.5) is 0 Å². The largest absolute Gasteiger partial charge is 0.379 e. The Morgan fingerprint density at radius 2 is 2.36 bits per heavy atom. The summed E-state index contributed by atoms with van der Waals surface area (Å²) in [7, 11) is 0. The number of ether oxygens (including phenoxy) is 1. The standard InChI is InChI=1S/C9H19NO/c1-3-4-5-10-6-7-11-8-9(10)2/h9H,3-8H2,1-2H3. The molecule has 1 rings (SSSR count). The third-order valence-electron chi connectivity index (χ3n) is 2.30. The van der Waals surface area contributed by atoms with E-state index in [2.05, 4.69) is 18.7 Å². The minimum Gasteiger partial charge on any atom is -0.379 e. The molecule has 1 heterocycles. The Hall–Kier alpha value is -0.0800. The summed E-state index contributed by atoms with van der Waals surface area (Å²) in [5, 5.41) is 0. The van der Waals surface area contributed by atoms with Crippen molar-refractivity contribution in [3.63, 3.8) is 0 Å². The van der Waals surface area contributed by atoms with Gasteiger partial charge in [-0.05, 0) is 19.9 Å². The van der Waals surface area contributed by atoms with Gasteiger partial charge in [0.2, 0.25) is 0 Å². The van der Waals surface area contributed by atoms with Crippen LogP contribution in [0.1, 0.15) is 26.7 Å². The highest BCUT2D eigenvalue weighted by Gasteiger charge is 2.16. The molecule has 66 valence electrons. The number of unbranched alkanes of at least 4 members (excludes halogenated alkanes) is 1. The molecule has 2 heteroatoms. The van der Waals surface area contributed by atoms with Crippen molar-refractivity contribution < 1.29 is 4.74 Å². The minimum absolute atomic E-state index is 0.635. The van der Waals surface area contributed by atoms with Gasteiger partial charge in [-0.25, -0.2) is 0 Å². The Labute approximate surface area is 69.5 Å². The fourth-order valence-electron chi connectivity index (χ4n) is 1.45. The molecule has 0 saturated carbocycles. The zero-order chi connectivity index (χ0) is 8.10. The lowest BCUT2D eigenvalue weighted by molar-refractivity contribution is -0.000715. The molecule has 1 fully saturated rings. The molecular formula is C9H19NO. The molecule has 0 aromatic heterocycles. The first kappa shape index (κ1) is 9.01. The van der Waals surface area contributed by atoms with Crippen LogP contribution in [-0.2, 0) is 4.74 Å². The molecule has 0 aromatic rings. The molecular weight excluding hydrogens is 138 g/mol. The highest BCUT2D eigenvalue weighted by atomic mass is 16.5. The molecule has 0 aliphatic carbocycles. The summed E-state index contributed by atoms with van der Waals surface area (Å²) < 4.78 is 5.35. The fourth-order valence-corrected chi connectivity index (χ4v) is 1.45. The van der Waals surface area contributed by atoms with E-state index in [1.807, 2.05) is 0 Å². The van der Waals surface area contributed by atoms with Crippen LogP contribution in [0, 0.1) is 0 Å². The molecule has 1 unspecified atom stereocenters. The Balaban J connectivity index is 2.18. The van der Waals surface area contributed by atoms with E-state index in [1.54, 1.807) is 0 Å². The second-order valence-corrected chi connectivity index (χ2v) is 3.31. The van der Waals surface area contributed by atoms with Gasteiger partial charge in [-0.15, -0.1) is 0 Å². The first-order valence-electron chi connectivity index (χ1n) is 4.66. The Bertz CT molecular complexity index is 106. The highest BCUT2D eigenvalue weighted by Crippen LogP contribution is 2.06. The molecule has 0 amide bonds. The quantitative estimate of drug-likeness (QED) is 0.615. The summed E-state index contributed by atoms with van der Waals surface area (Å²) in [5.74, 6) is 0. The molecule has 2 nitrogen and oxygen atoms in total. The first-order valence-corrected chi connectivity index (χ1v) is 4.66. The lowest BCUT2D eigenvalue weighted by atomic mass is 10.2. The summed E-state index contributed by atoms with van der Waals surface area (Å²) in [6.07, 6.45) is 2.62. The molecule has 1 saturated heterocycles. The van der Waals surface area contributed by atoms with E-state index < -0.39 is 0 Å². The summed E-state index contributed by atoms with van der Waals surface area (Å²) in [6.45, 7) is 8.71. The summed E-state index contributed by atoms with van der Waals surface area (Å²) in [4.78, 5) is 2.52. The summed E-state index contributed by atoms with van der Waals surface area (Å²) >= 11 is 0. The molecule has 0 spiro atoms. The van der Waals surface area contributed by atoms with Crippen LogP contribution in [0.15, 0.2) is 0 Å². The van der Waals surface area contributed by atoms with E-state index in [4.69, 9.17) is 4.74 Å². The predicted molar refractivity (Wildman–Crippen MR) is 46.8 cm³/mol. The van der Waals surface area contributed by atoms with Crippen molar-refractivity contribution in [2.24, 2.45) is 0 Å². The van der Waals surface area contributed by atoms with Crippen LogP contribution in [0.2, 0.25) is 0 Å². The molecule has 11 heavy (non-hydrogen) atoms. The van der Waals surface area contributed by atoms with Crippen molar-refractivity contribution in [3.8, 4) is 0 Å². The number of hydrogen-bond acceptors (Lipinski definition) is 2. The number of morpholine rings is 1. The molecule has 0 aromatic carbocycles. The van der Waals surface area contributed by atoms with Crippen LogP contribution in [0.5, 0.6) is 0 Å². The van der Waals surface area contributed by atoms with Crippen molar-refractivity contribution in [1.82, 2.24) is 4.90 Å². The third-order valence-corrected chi connectivity index (χ3v) is 2.30. The molecule has 1 atom stereocenters. The highest BCUT2D eigenvalue weighted by molar-refractivity contribution is 4.70. The maximum Gasteiger partial charge on any atom is 0.0619 e. The zero-order valence-corrected chi connectivity index (χ0v) is 7.68. The Kier molecular flexibility index (Phi) is 3.87. The van der Waals surface area contributed by atoms with Crippen molar-refractivity contribution in [3.05, 3.63) is 0 Å². The Morgan fingerprint density at radius 3 is 3.00 bits per heavy atom. The van der Waals surface area contributed by atoms with Crippen LogP contribution in [-0.4, -0.2) is 37.2 Å². The van der Waals surface area contributed by atoms with Gasteiger partial charge in [0.25, 0.3) is 0 Å². The molecule has 1 aliphatic heterocycles. The average Bonchev–Trinajstić information content (AvgIpc) is 2.03. The van der Waals surface area contributed by atoms with E-state index >= 15 is 0 Å². The third kappa shape index (κ3) is 2.80. The van der Waals surface area contributed by atoms with Crippen LogP contribution < -0.4 is 0 Å². The van der Waals surface area contributed by atoms with Crippen LogP contribution >= 0.6 is 0 Å². The van der Waals surface area contributed by atoms with Gasteiger partial charge < -0.3 is 4.74 Å². The molecule has 0 bridgehead atoms. The first-order chi connectivity index (χ1) is 5.34. The molecule has 1 aliphatic rings. The molecule has 0 radical (unpaired) electrons.